The van der Waals surface area contributed by atoms with Crippen LogP contribution in [0.4, 0.5) is 0 Å². The number of nitrogens with one attached hydrogen (secondary N) is 2. The van der Waals surface area contributed by atoms with E-state index >= 15 is 0 Å². The predicted molar refractivity (Wildman–Crippen MR) is 112 cm³/mol. The van der Waals surface area contributed by atoms with Crippen molar-refractivity contribution in [3.63, 3.8) is 0 Å². The number of likely N-dealkylation sites (tertiary alicyclic amines) is 1. The van der Waals surface area contributed by atoms with Gasteiger partial charge in [0.25, 0.3) is 0 Å². The van der Waals surface area contributed by atoms with Gasteiger partial charge in [0.05, 0.1) is 0 Å². The molecule has 1 heterocycles. The Morgan fingerprint density at radius 1 is 1.12 bits per heavy atom. The van der Waals surface area contributed by atoms with E-state index in [1.54, 1.807) is 0 Å². The molecule has 4 nitrogen and oxygen atoms in total. The summed E-state index contributed by atoms with van der Waals surface area (Å²) in [6.45, 7) is 7.45. The summed E-state index contributed by atoms with van der Waals surface area (Å²) in [5.41, 5.74) is 1.42. The number of hydrogen-bond acceptors (Lipinski definition) is 2. The highest BCUT2D eigenvalue weighted by molar-refractivity contribution is 14.0. The van der Waals surface area contributed by atoms with Crippen LogP contribution in [0.2, 0.25) is 0 Å². The molecule has 0 amide bonds. The van der Waals surface area contributed by atoms with Gasteiger partial charge in [-0.25, -0.2) is 0 Å². The van der Waals surface area contributed by atoms with Gasteiger partial charge < -0.3 is 10.6 Å². The minimum atomic E-state index is 0. The SMILES string of the molecule is CCNC(=NCC1CC1)NC1CCN(Cc2ccccc2)CC1.I. The highest BCUT2D eigenvalue weighted by Gasteiger charge is 2.22. The summed E-state index contributed by atoms with van der Waals surface area (Å²) in [6, 6.07) is 11.3. The third-order valence-electron chi connectivity index (χ3n) is 4.73. The summed E-state index contributed by atoms with van der Waals surface area (Å²) < 4.78 is 0. The Balaban J connectivity index is 0.00000208. The lowest BCUT2D eigenvalue weighted by Crippen LogP contribution is -2.48. The second-order valence-corrected chi connectivity index (χ2v) is 6.84. The zero-order valence-corrected chi connectivity index (χ0v) is 17.0. The molecule has 1 saturated heterocycles. The van der Waals surface area contributed by atoms with Gasteiger partial charge >= 0.3 is 0 Å². The van der Waals surface area contributed by atoms with Gasteiger partial charge in [0, 0.05) is 38.8 Å². The highest BCUT2D eigenvalue weighted by atomic mass is 127. The Morgan fingerprint density at radius 2 is 1.83 bits per heavy atom. The van der Waals surface area contributed by atoms with E-state index in [2.05, 4.69) is 52.8 Å². The maximum atomic E-state index is 4.74. The molecule has 0 bridgehead atoms. The summed E-state index contributed by atoms with van der Waals surface area (Å²) in [5.74, 6) is 1.86. The molecule has 0 spiro atoms. The Bertz CT molecular complexity index is 493. The largest absolute Gasteiger partial charge is 0.357 e. The first-order valence-electron chi connectivity index (χ1n) is 9.14. The van der Waals surface area contributed by atoms with Crippen molar-refractivity contribution in [1.29, 1.82) is 0 Å². The molecule has 0 atom stereocenters. The van der Waals surface area contributed by atoms with Crippen LogP contribution in [0, 0.1) is 5.92 Å². The summed E-state index contributed by atoms with van der Waals surface area (Å²) >= 11 is 0. The average molecular weight is 442 g/mol. The number of hydrogen-bond donors (Lipinski definition) is 2. The maximum Gasteiger partial charge on any atom is 0.191 e. The van der Waals surface area contributed by atoms with E-state index in [1.807, 2.05) is 0 Å². The molecule has 0 radical (unpaired) electrons. The minimum absolute atomic E-state index is 0. The van der Waals surface area contributed by atoms with Gasteiger partial charge in [-0.3, -0.25) is 9.89 Å². The van der Waals surface area contributed by atoms with Crippen molar-refractivity contribution in [2.75, 3.05) is 26.2 Å². The molecule has 1 aliphatic carbocycles. The van der Waals surface area contributed by atoms with E-state index in [9.17, 15) is 0 Å². The number of piperidine rings is 1. The van der Waals surface area contributed by atoms with Crippen molar-refractivity contribution in [1.82, 2.24) is 15.5 Å². The third kappa shape index (κ3) is 6.59. The number of benzene rings is 1. The maximum absolute atomic E-state index is 4.74. The summed E-state index contributed by atoms with van der Waals surface area (Å²) in [7, 11) is 0. The van der Waals surface area contributed by atoms with Crippen LogP contribution < -0.4 is 10.6 Å². The van der Waals surface area contributed by atoms with Crippen molar-refractivity contribution < 1.29 is 0 Å². The van der Waals surface area contributed by atoms with Gasteiger partial charge in [-0.05, 0) is 44.1 Å². The van der Waals surface area contributed by atoms with E-state index in [-0.39, 0.29) is 24.0 Å². The van der Waals surface area contributed by atoms with Crippen LogP contribution in [0.5, 0.6) is 0 Å². The lowest BCUT2D eigenvalue weighted by atomic mass is 10.0. The molecular weight excluding hydrogens is 411 g/mol. The number of halogens is 1. The van der Waals surface area contributed by atoms with Gasteiger partial charge in [0.1, 0.15) is 0 Å². The Kier molecular flexibility index (Phi) is 8.32. The molecule has 1 saturated carbocycles. The Labute approximate surface area is 163 Å². The molecule has 24 heavy (non-hydrogen) atoms. The number of guanidine groups is 1. The molecule has 1 aliphatic heterocycles. The molecule has 1 aromatic rings. The average Bonchev–Trinajstić information content (AvgIpc) is 3.40. The number of rotatable bonds is 6. The second kappa shape index (κ2) is 10.2. The van der Waals surface area contributed by atoms with Gasteiger partial charge in [-0.2, -0.15) is 0 Å². The molecule has 2 N–H and O–H groups in total. The predicted octanol–water partition coefficient (Wildman–Crippen LogP) is 3.23. The fraction of sp³-hybridized carbons (Fsp3) is 0.632. The van der Waals surface area contributed by atoms with Gasteiger partial charge in [0.2, 0.25) is 0 Å². The van der Waals surface area contributed by atoms with Crippen LogP contribution in [0.3, 0.4) is 0 Å². The van der Waals surface area contributed by atoms with Crippen LogP contribution in [0.15, 0.2) is 35.3 Å². The van der Waals surface area contributed by atoms with Crippen molar-refractivity contribution in [2.45, 2.75) is 45.2 Å². The number of nitrogens with zero attached hydrogens (tertiary/aromatic N) is 2. The monoisotopic (exact) mass is 442 g/mol. The van der Waals surface area contributed by atoms with E-state index in [0.29, 0.717) is 6.04 Å². The van der Waals surface area contributed by atoms with E-state index in [1.165, 1.54) is 31.2 Å². The van der Waals surface area contributed by atoms with Crippen LogP contribution in [0.1, 0.15) is 38.2 Å². The summed E-state index contributed by atoms with van der Waals surface area (Å²) in [5, 5.41) is 7.03. The van der Waals surface area contributed by atoms with Crippen LogP contribution in [0.25, 0.3) is 0 Å². The summed E-state index contributed by atoms with van der Waals surface area (Å²) in [6.07, 6.45) is 5.11. The number of aliphatic imine (C=N–C) groups is 1. The molecule has 1 aromatic carbocycles. The van der Waals surface area contributed by atoms with E-state index in [4.69, 9.17) is 4.99 Å². The smallest absolute Gasteiger partial charge is 0.191 e. The van der Waals surface area contributed by atoms with Crippen molar-refractivity contribution in [3.05, 3.63) is 35.9 Å². The first-order valence-corrected chi connectivity index (χ1v) is 9.14. The van der Waals surface area contributed by atoms with Gasteiger partial charge in [-0.15, -0.1) is 24.0 Å². The second-order valence-electron chi connectivity index (χ2n) is 6.84. The molecule has 2 fully saturated rings. The first-order chi connectivity index (χ1) is 11.3. The summed E-state index contributed by atoms with van der Waals surface area (Å²) in [4.78, 5) is 7.29. The van der Waals surface area contributed by atoms with Crippen molar-refractivity contribution in [3.8, 4) is 0 Å². The molecule has 0 aromatic heterocycles. The lowest BCUT2D eigenvalue weighted by molar-refractivity contribution is 0.198. The van der Waals surface area contributed by atoms with Gasteiger partial charge in [0.15, 0.2) is 5.96 Å². The zero-order valence-electron chi connectivity index (χ0n) is 14.7. The van der Waals surface area contributed by atoms with E-state index in [0.717, 1.165) is 44.6 Å². The minimum Gasteiger partial charge on any atom is -0.357 e. The third-order valence-corrected chi connectivity index (χ3v) is 4.73. The molecule has 3 rings (SSSR count). The lowest BCUT2D eigenvalue weighted by Gasteiger charge is -2.33. The highest BCUT2D eigenvalue weighted by Crippen LogP contribution is 2.28. The molecular formula is C19H31IN4. The Hall–Kier alpha value is -0.820. The van der Waals surface area contributed by atoms with Crippen LogP contribution in [-0.2, 0) is 6.54 Å². The molecule has 2 aliphatic rings. The molecule has 5 heteroatoms. The van der Waals surface area contributed by atoms with Crippen molar-refractivity contribution in [2.24, 2.45) is 10.9 Å². The molecule has 0 unspecified atom stereocenters. The standard InChI is InChI=1S/C19H30N4.HI/c1-2-20-19(21-14-16-8-9-16)22-18-10-12-23(13-11-18)15-17-6-4-3-5-7-17;/h3-7,16,18H,2,8-15H2,1H3,(H2,20,21,22);1H. The van der Waals surface area contributed by atoms with Crippen LogP contribution in [-0.4, -0.2) is 43.1 Å². The van der Waals surface area contributed by atoms with E-state index < -0.39 is 0 Å². The van der Waals surface area contributed by atoms with Gasteiger partial charge in [-0.1, -0.05) is 30.3 Å². The normalized spacial score (nSPS) is 19.6. The quantitative estimate of drug-likeness (QED) is 0.404. The fourth-order valence-corrected chi connectivity index (χ4v) is 3.11. The zero-order chi connectivity index (χ0) is 15.9. The van der Waals surface area contributed by atoms with Crippen molar-refractivity contribution >= 4 is 29.9 Å². The van der Waals surface area contributed by atoms with Crippen LogP contribution >= 0.6 is 24.0 Å². The first kappa shape index (κ1) is 19.5. The molecule has 134 valence electrons. The topological polar surface area (TPSA) is 39.7 Å². The Morgan fingerprint density at radius 3 is 2.46 bits per heavy atom. The fourth-order valence-electron chi connectivity index (χ4n) is 3.11.